The molecule has 100 valence electrons. The van der Waals surface area contributed by atoms with Gasteiger partial charge in [0.25, 0.3) is 0 Å². The summed E-state index contributed by atoms with van der Waals surface area (Å²) in [5, 5.41) is 19.4. The molecule has 0 spiro atoms. The summed E-state index contributed by atoms with van der Waals surface area (Å²) in [7, 11) is 0. The topological polar surface area (TPSA) is 77.4 Å². The number of carbonyl (C=O) groups excluding carboxylic acids is 1. The van der Waals surface area contributed by atoms with E-state index in [9.17, 15) is 14.7 Å². The van der Waals surface area contributed by atoms with Crippen LogP contribution in [0, 0.1) is 0 Å². The van der Waals surface area contributed by atoms with Gasteiger partial charge in [0, 0.05) is 6.42 Å². The van der Waals surface area contributed by atoms with Gasteiger partial charge in [-0.3, -0.25) is 4.79 Å². The van der Waals surface area contributed by atoms with E-state index < -0.39 is 23.9 Å². The van der Waals surface area contributed by atoms with Crippen molar-refractivity contribution in [3.8, 4) is 0 Å². The molecule has 0 unspecified atom stereocenters. The van der Waals surface area contributed by atoms with Crippen LogP contribution in [0.3, 0.4) is 0 Å². The van der Waals surface area contributed by atoms with Gasteiger partial charge < -0.3 is 10.2 Å². The van der Waals surface area contributed by atoms with Crippen LogP contribution in [-0.4, -0.2) is 16.9 Å². The van der Waals surface area contributed by atoms with Crippen molar-refractivity contribution in [1.29, 1.82) is 0 Å². The number of rotatable bonds is 3. The Morgan fingerprint density at radius 1 is 1.16 bits per heavy atom. The summed E-state index contributed by atoms with van der Waals surface area (Å²) in [5.74, 6) is -3.11. The summed E-state index contributed by atoms with van der Waals surface area (Å²) >= 11 is 0. The fourth-order valence-electron chi connectivity index (χ4n) is 1.20. The average molecular weight is 300 g/mol. The number of carboxylic acid groups (broad SMARTS) is 1. The van der Waals surface area contributed by atoms with Gasteiger partial charge in [-0.2, -0.15) is 18.2 Å². The molecular weight excluding hydrogens is 288 g/mol. The van der Waals surface area contributed by atoms with Gasteiger partial charge in [-0.1, -0.05) is 24.3 Å². The fourth-order valence-corrected chi connectivity index (χ4v) is 1.20. The first-order valence-corrected chi connectivity index (χ1v) is 5.29. The van der Waals surface area contributed by atoms with Crippen molar-refractivity contribution in [3.05, 3.63) is 66.0 Å². The quantitative estimate of drug-likeness (QED) is 0.393. The van der Waals surface area contributed by atoms with Crippen LogP contribution in [0.2, 0.25) is 0 Å². The van der Waals surface area contributed by atoms with Gasteiger partial charge in [0.15, 0.2) is 0 Å². The molecule has 0 saturated heterocycles. The summed E-state index contributed by atoms with van der Waals surface area (Å²) in [5.41, 5.74) is 0.370. The first-order valence-electron chi connectivity index (χ1n) is 5.29. The van der Waals surface area contributed by atoms with Crippen LogP contribution in [0.4, 0.5) is 0 Å². The second-order valence-electron chi connectivity index (χ2n) is 3.46. The van der Waals surface area contributed by atoms with Crippen molar-refractivity contribution < 1.29 is 36.9 Å². The standard InChI is InChI=1S/C9H8O4.C5H5.Fe/c10-7(5-8(11)9(12)13)6-3-1-2-4-6;1-2-4-5-3-1;/h1-4,10H,5H2,(H,12,13);1-5H;/q;-1;+2/p-1. The van der Waals surface area contributed by atoms with E-state index in [1.54, 1.807) is 12.2 Å². The minimum atomic E-state index is -1.57. The average Bonchev–Trinajstić information content (AvgIpc) is 3.05. The molecule has 1 aromatic carbocycles. The summed E-state index contributed by atoms with van der Waals surface area (Å²) in [6, 6.07) is 10.0. The molecule has 1 aromatic rings. The summed E-state index contributed by atoms with van der Waals surface area (Å²) in [6.07, 6.45) is 5.81. The number of aliphatic carboxylic acids is 1. The largest absolute Gasteiger partial charge is 2.00 e. The Labute approximate surface area is 121 Å². The van der Waals surface area contributed by atoms with Crippen LogP contribution in [0.5, 0.6) is 0 Å². The molecule has 0 atom stereocenters. The molecule has 0 bridgehead atoms. The number of carbonyl (C=O) groups is 2. The molecule has 0 aliphatic heterocycles. The Kier molecular flexibility index (Phi) is 8.09. The Morgan fingerprint density at radius 2 is 1.68 bits per heavy atom. The Bertz CT molecular complexity index is 464. The molecule has 1 N–H and O–H groups in total. The van der Waals surface area contributed by atoms with E-state index in [0.29, 0.717) is 5.57 Å². The maximum absolute atomic E-state index is 11.1. The Morgan fingerprint density at radius 3 is 2.05 bits per heavy atom. The number of hydrogen-bond donors (Lipinski definition) is 1. The fraction of sp³-hybridized carbons (Fsp3) is 0.0714. The molecule has 0 aromatic heterocycles. The molecule has 0 radical (unpaired) electrons. The molecule has 2 rings (SSSR count). The molecule has 4 nitrogen and oxygen atoms in total. The first-order chi connectivity index (χ1) is 8.61. The van der Waals surface area contributed by atoms with Gasteiger partial charge in [0.2, 0.25) is 5.78 Å². The molecule has 1 aliphatic rings. The predicted molar refractivity (Wildman–Crippen MR) is 64.6 cm³/mol. The third-order valence-electron chi connectivity index (χ3n) is 2.10. The van der Waals surface area contributed by atoms with Crippen molar-refractivity contribution in [2.24, 2.45) is 0 Å². The number of ketones is 1. The number of carboxylic acids is 1. The van der Waals surface area contributed by atoms with Crippen LogP contribution >= 0.6 is 0 Å². The third-order valence-corrected chi connectivity index (χ3v) is 2.10. The predicted octanol–water partition coefficient (Wildman–Crippen LogP) is 1.17. The normalized spacial score (nSPS) is 11.3. The van der Waals surface area contributed by atoms with E-state index in [1.165, 1.54) is 12.2 Å². The van der Waals surface area contributed by atoms with E-state index in [0.717, 1.165) is 0 Å². The first kappa shape index (κ1) is 17.0. The van der Waals surface area contributed by atoms with E-state index in [1.807, 2.05) is 30.3 Å². The summed E-state index contributed by atoms with van der Waals surface area (Å²) in [6.45, 7) is 0. The second kappa shape index (κ2) is 9.03. The van der Waals surface area contributed by atoms with Gasteiger partial charge >= 0.3 is 23.0 Å². The maximum atomic E-state index is 11.1. The summed E-state index contributed by atoms with van der Waals surface area (Å²) < 4.78 is 0. The van der Waals surface area contributed by atoms with Gasteiger partial charge in [-0.25, -0.2) is 16.9 Å². The van der Waals surface area contributed by atoms with Gasteiger partial charge in [0.05, 0.1) is 0 Å². The van der Waals surface area contributed by atoms with Gasteiger partial charge in [-0.15, -0.1) is 5.76 Å². The monoisotopic (exact) mass is 300 g/mol. The molecule has 0 saturated carbocycles. The molecule has 0 amide bonds. The van der Waals surface area contributed by atoms with Crippen LogP contribution in [0.1, 0.15) is 6.42 Å². The van der Waals surface area contributed by atoms with E-state index >= 15 is 0 Å². The van der Waals surface area contributed by atoms with Crippen molar-refractivity contribution in [2.45, 2.75) is 6.42 Å². The Hall–Kier alpha value is -1.97. The SMILES string of the molecule is O=C(O)C(=O)CC([O-])=C1C=CC=C1.[Fe+2].c1cc[cH-]c1. The number of hydrogen-bond acceptors (Lipinski definition) is 3. The molecule has 19 heavy (non-hydrogen) atoms. The zero-order valence-electron chi connectivity index (χ0n) is 9.93. The number of Topliss-reactive ketones (excluding diaryl/α,β-unsaturated/α-hetero) is 1. The van der Waals surface area contributed by atoms with Crippen LogP contribution in [0.25, 0.3) is 0 Å². The van der Waals surface area contributed by atoms with Crippen molar-refractivity contribution in [1.82, 2.24) is 0 Å². The van der Waals surface area contributed by atoms with Crippen molar-refractivity contribution in [3.63, 3.8) is 0 Å². The molecule has 5 heteroatoms. The summed E-state index contributed by atoms with van der Waals surface area (Å²) in [4.78, 5) is 20.7. The smallest absolute Gasteiger partial charge is 0.875 e. The minimum absolute atomic E-state index is 0. The number of allylic oxidation sites excluding steroid dienone is 6. The Balaban J connectivity index is 0.000000454. The van der Waals surface area contributed by atoms with E-state index in [2.05, 4.69) is 0 Å². The van der Waals surface area contributed by atoms with Crippen molar-refractivity contribution >= 4 is 11.8 Å². The zero-order valence-corrected chi connectivity index (χ0v) is 11.0. The van der Waals surface area contributed by atoms with E-state index in [-0.39, 0.29) is 17.1 Å². The molecule has 0 heterocycles. The molecule has 1 aliphatic carbocycles. The minimum Gasteiger partial charge on any atom is -0.875 e. The van der Waals surface area contributed by atoms with Crippen LogP contribution < -0.4 is 5.11 Å². The van der Waals surface area contributed by atoms with Crippen LogP contribution in [0.15, 0.2) is 66.0 Å². The second-order valence-corrected chi connectivity index (χ2v) is 3.46. The van der Waals surface area contributed by atoms with Gasteiger partial charge in [-0.05, 0) is 5.57 Å². The molecular formula is C14H12FeO4. The molecule has 0 fully saturated rings. The van der Waals surface area contributed by atoms with E-state index in [4.69, 9.17) is 5.11 Å². The third kappa shape index (κ3) is 6.50. The van der Waals surface area contributed by atoms with Gasteiger partial charge in [0.1, 0.15) is 0 Å². The van der Waals surface area contributed by atoms with Crippen molar-refractivity contribution in [2.75, 3.05) is 0 Å². The zero-order chi connectivity index (χ0) is 13.4. The maximum Gasteiger partial charge on any atom is 2.00 e. The van der Waals surface area contributed by atoms with Crippen LogP contribution in [-0.2, 0) is 26.7 Å².